The van der Waals surface area contributed by atoms with Crippen molar-refractivity contribution >= 4 is 0 Å². The van der Waals surface area contributed by atoms with E-state index >= 15 is 0 Å². The number of fused-ring (bicyclic) bond motifs is 1. The third-order valence-electron chi connectivity index (χ3n) is 4.39. The number of hydrogen-bond donors (Lipinski definition) is 0. The monoisotopic (exact) mass is 238 g/mol. The van der Waals surface area contributed by atoms with Gasteiger partial charge in [-0.15, -0.1) is 0 Å². The van der Waals surface area contributed by atoms with Crippen LogP contribution in [-0.2, 0) is 0 Å². The molecule has 17 heavy (non-hydrogen) atoms. The maximum atomic E-state index is 2.76. The van der Waals surface area contributed by atoms with Gasteiger partial charge in [-0.05, 0) is 64.2 Å². The van der Waals surface area contributed by atoms with Gasteiger partial charge in [0.1, 0.15) is 0 Å². The van der Waals surface area contributed by atoms with E-state index in [0.717, 1.165) is 12.0 Å². The highest BCUT2D eigenvalue weighted by Gasteiger charge is 2.26. The van der Waals surface area contributed by atoms with E-state index in [1.54, 1.807) is 0 Å². The molecule has 0 aromatic carbocycles. The minimum atomic E-state index is 0.869. The molecule has 0 aromatic heterocycles. The molecule has 100 valence electrons. The van der Waals surface area contributed by atoms with Crippen molar-refractivity contribution in [2.24, 2.45) is 5.92 Å². The Morgan fingerprint density at radius 2 is 1.88 bits per heavy atom. The highest BCUT2D eigenvalue weighted by molar-refractivity contribution is 4.83. The van der Waals surface area contributed by atoms with E-state index in [1.807, 2.05) is 0 Å². The number of rotatable bonds is 4. The molecule has 2 fully saturated rings. The highest BCUT2D eigenvalue weighted by Crippen LogP contribution is 2.21. The lowest BCUT2D eigenvalue weighted by atomic mass is 10.0. The topological polar surface area (TPSA) is 6.48 Å². The third-order valence-corrected chi connectivity index (χ3v) is 4.39. The van der Waals surface area contributed by atoms with Crippen molar-refractivity contribution < 1.29 is 0 Å². The first-order valence-corrected chi connectivity index (χ1v) is 7.72. The molecule has 0 saturated carbocycles. The van der Waals surface area contributed by atoms with E-state index in [0.29, 0.717) is 0 Å². The van der Waals surface area contributed by atoms with Crippen LogP contribution in [-0.4, -0.2) is 48.6 Å². The summed E-state index contributed by atoms with van der Waals surface area (Å²) in [6.45, 7) is 11.4. The molecule has 0 radical (unpaired) electrons. The van der Waals surface area contributed by atoms with Crippen molar-refractivity contribution in [1.82, 2.24) is 9.80 Å². The van der Waals surface area contributed by atoms with Gasteiger partial charge >= 0.3 is 0 Å². The summed E-state index contributed by atoms with van der Waals surface area (Å²) in [4.78, 5) is 5.49. The van der Waals surface area contributed by atoms with Crippen molar-refractivity contribution in [3.05, 3.63) is 0 Å². The van der Waals surface area contributed by atoms with Crippen molar-refractivity contribution in [2.75, 3.05) is 32.7 Å². The van der Waals surface area contributed by atoms with E-state index in [2.05, 4.69) is 23.6 Å². The van der Waals surface area contributed by atoms with Crippen LogP contribution in [0.15, 0.2) is 0 Å². The van der Waals surface area contributed by atoms with Gasteiger partial charge in [0.15, 0.2) is 0 Å². The molecule has 0 N–H and O–H groups in total. The van der Waals surface area contributed by atoms with Gasteiger partial charge in [-0.1, -0.05) is 20.3 Å². The lowest BCUT2D eigenvalue weighted by Gasteiger charge is -2.35. The first-order chi connectivity index (χ1) is 8.25. The summed E-state index contributed by atoms with van der Waals surface area (Å²) in [6.07, 6.45) is 8.51. The van der Waals surface area contributed by atoms with E-state index < -0.39 is 0 Å². The summed E-state index contributed by atoms with van der Waals surface area (Å²) in [6, 6.07) is 0.880. The predicted molar refractivity (Wildman–Crippen MR) is 74.3 cm³/mol. The van der Waals surface area contributed by atoms with Crippen molar-refractivity contribution in [3.63, 3.8) is 0 Å². The fourth-order valence-electron chi connectivity index (χ4n) is 3.37. The normalized spacial score (nSPS) is 28.1. The molecule has 2 nitrogen and oxygen atoms in total. The molecular weight excluding hydrogens is 208 g/mol. The van der Waals surface area contributed by atoms with Crippen molar-refractivity contribution in [2.45, 2.75) is 58.4 Å². The first-order valence-electron chi connectivity index (χ1n) is 7.72. The zero-order valence-corrected chi connectivity index (χ0v) is 11.8. The second-order valence-electron chi connectivity index (χ2n) is 6.38. The molecule has 0 aromatic rings. The quantitative estimate of drug-likeness (QED) is 0.743. The average Bonchev–Trinajstić information content (AvgIpc) is 2.50. The minimum absolute atomic E-state index is 0.869. The molecule has 0 aliphatic carbocycles. The summed E-state index contributed by atoms with van der Waals surface area (Å²) in [5.41, 5.74) is 0. The number of hydrogen-bond acceptors (Lipinski definition) is 2. The van der Waals surface area contributed by atoms with E-state index in [9.17, 15) is 0 Å². The second kappa shape index (κ2) is 6.75. The van der Waals surface area contributed by atoms with Gasteiger partial charge in [-0.3, -0.25) is 4.90 Å². The fourth-order valence-corrected chi connectivity index (χ4v) is 3.37. The zero-order valence-electron chi connectivity index (χ0n) is 11.8. The molecule has 2 heterocycles. The Bertz CT molecular complexity index is 215. The molecule has 0 amide bonds. The SMILES string of the molecule is CC(C)CCCN1CCCN2CCCCC2C1. The molecule has 2 heteroatoms. The smallest absolute Gasteiger partial charge is 0.0223 e. The lowest BCUT2D eigenvalue weighted by Crippen LogP contribution is -2.44. The van der Waals surface area contributed by atoms with Crippen LogP contribution in [0.5, 0.6) is 0 Å². The van der Waals surface area contributed by atoms with Gasteiger partial charge in [0.05, 0.1) is 0 Å². The first kappa shape index (κ1) is 13.4. The predicted octanol–water partition coefficient (Wildman–Crippen LogP) is 2.98. The Morgan fingerprint density at radius 1 is 1.06 bits per heavy atom. The molecule has 2 aliphatic rings. The largest absolute Gasteiger partial charge is 0.302 e. The second-order valence-corrected chi connectivity index (χ2v) is 6.38. The molecule has 2 rings (SSSR count). The van der Waals surface area contributed by atoms with Crippen LogP contribution in [0.4, 0.5) is 0 Å². The fraction of sp³-hybridized carbons (Fsp3) is 1.00. The van der Waals surface area contributed by atoms with Crippen LogP contribution in [0.1, 0.15) is 52.4 Å². The Labute approximate surface area is 107 Å². The maximum Gasteiger partial charge on any atom is 0.0223 e. The summed E-state index contributed by atoms with van der Waals surface area (Å²) in [5.74, 6) is 0.869. The molecule has 1 atom stereocenters. The van der Waals surface area contributed by atoms with Crippen molar-refractivity contribution in [1.29, 1.82) is 0 Å². The van der Waals surface area contributed by atoms with Gasteiger partial charge in [-0.2, -0.15) is 0 Å². The zero-order chi connectivity index (χ0) is 12.1. The number of piperidine rings is 1. The van der Waals surface area contributed by atoms with Crippen LogP contribution in [0.3, 0.4) is 0 Å². The number of nitrogens with zero attached hydrogens (tertiary/aromatic N) is 2. The maximum absolute atomic E-state index is 2.76. The Morgan fingerprint density at radius 3 is 2.71 bits per heavy atom. The molecule has 2 aliphatic heterocycles. The Hall–Kier alpha value is -0.0800. The molecular formula is C15H30N2. The van der Waals surface area contributed by atoms with Crippen LogP contribution in [0, 0.1) is 5.92 Å². The van der Waals surface area contributed by atoms with Gasteiger partial charge < -0.3 is 4.90 Å². The van der Waals surface area contributed by atoms with E-state index in [-0.39, 0.29) is 0 Å². The Balaban J connectivity index is 1.75. The summed E-state index contributed by atoms with van der Waals surface area (Å²) >= 11 is 0. The van der Waals surface area contributed by atoms with Gasteiger partial charge in [0, 0.05) is 12.6 Å². The lowest BCUT2D eigenvalue weighted by molar-refractivity contribution is 0.136. The van der Waals surface area contributed by atoms with Gasteiger partial charge in [0.2, 0.25) is 0 Å². The highest BCUT2D eigenvalue weighted by atomic mass is 15.2. The summed E-state index contributed by atoms with van der Waals surface area (Å²) in [7, 11) is 0. The summed E-state index contributed by atoms with van der Waals surface area (Å²) in [5, 5.41) is 0. The van der Waals surface area contributed by atoms with Crippen molar-refractivity contribution in [3.8, 4) is 0 Å². The van der Waals surface area contributed by atoms with Crippen LogP contribution in [0.25, 0.3) is 0 Å². The van der Waals surface area contributed by atoms with Crippen LogP contribution >= 0.6 is 0 Å². The third kappa shape index (κ3) is 4.26. The standard InChI is InChI=1S/C15H30N2/c1-14(2)7-5-9-16-10-6-12-17-11-4-3-8-15(17)13-16/h14-15H,3-13H2,1-2H3. The van der Waals surface area contributed by atoms with Crippen LogP contribution < -0.4 is 0 Å². The van der Waals surface area contributed by atoms with E-state index in [1.165, 1.54) is 71.2 Å². The molecule has 2 saturated heterocycles. The minimum Gasteiger partial charge on any atom is -0.302 e. The van der Waals surface area contributed by atoms with E-state index in [4.69, 9.17) is 0 Å². The summed E-state index contributed by atoms with van der Waals surface area (Å²) < 4.78 is 0. The molecule has 1 unspecified atom stereocenters. The average molecular weight is 238 g/mol. The Kier molecular flexibility index (Phi) is 5.30. The van der Waals surface area contributed by atoms with Gasteiger partial charge in [0.25, 0.3) is 0 Å². The molecule has 0 bridgehead atoms. The van der Waals surface area contributed by atoms with Gasteiger partial charge in [-0.25, -0.2) is 0 Å². The van der Waals surface area contributed by atoms with Crippen LogP contribution in [0.2, 0.25) is 0 Å². The molecule has 0 spiro atoms.